The molecule has 0 radical (unpaired) electrons. The highest BCUT2D eigenvalue weighted by Crippen LogP contribution is 2.22. The second kappa shape index (κ2) is 9.15. The average Bonchev–Trinajstić information content (AvgIpc) is 2.66. The van der Waals surface area contributed by atoms with Crippen molar-refractivity contribution < 1.29 is 9.18 Å². The van der Waals surface area contributed by atoms with Gasteiger partial charge in [0.1, 0.15) is 5.82 Å². The molecule has 1 aliphatic heterocycles. The zero-order valence-corrected chi connectivity index (χ0v) is 15.5. The van der Waals surface area contributed by atoms with Crippen molar-refractivity contribution in [2.45, 2.75) is 25.8 Å². The molecule has 2 aromatic carbocycles. The fraction of sp³-hybridized carbons (Fsp3) is 0.381. The summed E-state index contributed by atoms with van der Waals surface area (Å²) in [5, 5.41) is 3.82. The van der Waals surface area contributed by atoms with E-state index in [0.29, 0.717) is 6.54 Å². The molecule has 1 aliphatic rings. The van der Waals surface area contributed by atoms with E-state index in [-0.39, 0.29) is 17.6 Å². The maximum atomic E-state index is 12.9. The summed E-state index contributed by atoms with van der Waals surface area (Å²) in [5.74, 6) is -0.0310. The van der Waals surface area contributed by atoms with Gasteiger partial charge in [-0.25, -0.2) is 4.39 Å². The zero-order valence-electron chi connectivity index (χ0n) is 14.8. The van der Waals surface area contributed by atoms with Gasteiger partial charge in [-0.05, 0) is 61.7 Å². The summed E-state index contributed by atoms with van der Waals surface area (Å²) in [6.07, 6.45) is 2.46. The molecule has 0 atom stereocenters. The number of halogens is 2. The van der Waals surface area contributed by atoms with Crippen molar-refractivity contribution in [3.05, 3.63) is 70.5 Å². The van der Waals surface area contributed by atoms with E-state index in [1.54, 1.807) is 12.1 Å². The van der Waals surface area contributed by atoms with Gasteiger partial charge in [-0.1, -0.05) is 41.9 Å². The summed E-state index contributed by atoms with van der Waals surface area (Å²) >= 11 is 6.23. The van der Waals surface area contributed by atoms with E-state index in [0.717, 1.165) is 55.0 Å². The Bertz CT molecular complexity index is 727. The number of amides is 1. The van der Waals surface area contributed by atoms with Crippen LogP contribution in [0.3, 0.4) is 0 Å². The van der Waals surface area contributed by atoms with E-state index < -0.39 is 0 Å². The molecule has 1 fully saturated rings. The smallest absolute Gasteiger partial charge is 0.223 e. The average molecular weight is 375 g/mol. The van der Waals surface area contributed by atoms with E-state index in [1.165, 1.54) is 12.1 Å². The molecule has 0 aromatic heterocycles. The number of hydrogen-bond donors (Lipinski definition) is 1. The molecule has 3 rings (SSSR count). The Hall–Kier alpha value is -1.91. The predicted molar refractivity (Wildman–Crippen MR) is 103 cm³/mol. The molecule has 0 bridgehead atoms. The molecule has 3 nitrogen and oxygen atoms in total. The first kappa shape index (κ1) is 18.9. The van der Waals surface area contributed by atoms with Crippen molar-refractivity contribution in [2.75, 3.05) is 19.6 Å². The van der Waals surface area contributed by atoms with Crippen LogP contribution in [0.4, 0.5) is 4.39 Å². The Morgan fingerprint density at radius 1 is 1.12 bits per heavy atom. The molecule has 0 unspecified atom stereocenters. The van der Waals surface area contributed by atoms with Crippen molar-refractivity contribution in [1.29, 1.82) is 0 Å². The van der Waals surface area contributed by atoms with Crippen LogP contribution in [0.5, 0.6) is 0 Å². The first-order chi connectivity index (χ1) is 12.6. The van der Waals surface area contributed by atoms with Crippen LogP contribution in [0.2, 0.25) is 5.02 Å². The zero-order chi connectivity index (χ0) is 18.4. The fourth-order valence-corrected chi connectivity index (χ4v) is 3.54. The molecule has 0 aliphatic carbocycles. The van der Waals surface area contributed by atoms with Gasteiger partial charge in [-0.2, -0.15) is 0 Å². The van der Waals surface area contributed by atoms with Crippen molar-refractivity contribution in [1.82, 2.24) is 10.2 Å². The number of nitrogens with one attached hydrogen (secondary N) is 1. The third-order valence-corrected chi connectivity index (χ3v) is 5.31. The van der Waals surface area contributed by atoms with Crippen LogP contribution in [0.25, 0.3) is 0 Å². The molecule has 26 heavy (non-hydrogen) atoms. The highest BCUT2D eigenvalue weighted by Gasteiger charge is 2.24. The van der Waals surface area contributed by atoms with Crippen molar-refractivity contribution in [2.24, 2.45) is 5.92 Å². The third kappa shape index (κ3) is 5.29. The molecule has 138 valence electrons. The maximum Gasteiger partial charge on any atom is 0.223 e. The van der Waals surface area contributed by atoms with Crippen molar-refractivity contribution >= 4 is 17.5 Å². The minimum atomic E-state index is -0.235. The van der Waals surface area contributed by atoms with Gasteiger partial charge < -0.3 is 5.32 Å². The van der Waals surface area contributed by atoms with Crippen LogP contribution < -0.4 is 5.32 Å². The monoisotopic (exact) mass is 374 g/mol. The van der Waals surface area contributed by atoms with Gasteiger partial charge in [-0.15, -0.1) is 0 Å². The Kier molecular flexibility index (Phi) is 6.64. The maximum absolute atomic E-state index is 12.9. The normalized spacial score (nSPS) is 15.8. The predicted octanol–water partition coefficient (Wildman–Crippen LogP) is 4.05. The van der Waals surface area contributed by atoms with Gasteiger partial charge >= 0.3 is 0 Å². The quantitative estimate of drug-likeness (QED) is 0.827. The minimum Gasteiger partial charge on any atom is -0.356 e. The van der Waals surface area contributed by atoms with Gasteiger partial charge in [-0.3, -0.25) is 9.69 Å². The second-order valence-electron chi connectivity index (χ2n) is 6.81. The van der Waals surface area contributed by atoms with E-state index in [1.807, 2.05) is 18.2 Å². The van der Waals surface area contributed by atoms with E-state index in [2.05, 4.69) is 16.3 Å². The molecule has 0 saturated carbocycles. The standard InChI is InChI=1S/C21H24ClFN2O/c22-20-4-2-1-3-18(20)15-25-13-10-17(11-14-25)21(26)24-12-9-16-5-7-19(23)8-6-16/h1-8,17H,9-15H2,(H,24,26). The summed E-state index contributed by atoms with van der Waals surface area (Å²) in [5.41, 5.74) is 2.16. The van der Waals surface area contributed by atoms with Crippen LogP contribution in [0, 0.1) is 11.7 Å². The molecule has 1 heterocycles. The van der Waals surface area contributed by atoms with Crippen molar-refractivity contribution in [3.8, 4) is 0 Å². The highest BCUT2D eigenvalue weighted by atomic mass is 35.5. The van der Waals surface area contributed by atoms with Gasteiger partial charge in [0.05, 0.1) is 0 Å². The van der Waals surface area contributed by atoms with Crippen LogP contribution in [0.15, 0.2) is 48.5 Å². The molecule has 0 spiro atoms. The number of likely N-dealkylation sites (tertiary alicyclic amines) is 1. The number of benzene rings is 2. The summed E-state index contributed by atoms with van der Waals surface area (Å²) in [4.78, 5) is 14.7. The number of rotatable bonds is 6. The summed E-state index contributed by atoms with van der Waals surface area (Å²) in [7, 11) is 0. The van der Waals surface area contributed by atoms with E-state index in [9.17, 15) is 9.18 Å². The number of carbonyl (C=O) groups excluding carboxylic acids is 1. The molecule has 1 amide bonds. The topological polar surface area (TPSA) is 32.3 Å². The largest absolute Gasteiger partial charge is 0.356 e. The SMILES string of the molecule is O=C(NCCc1ccc(F)cc1)C1CCN(Cc2ccccc2Cl)CC1. The first-order valence-corrected chi connectivity index (χ1v) is 9.47. The Labute approximate surface area is 159 Å². The lowest BCUT2D eigenvalue weighted by Crippen LogP contribution is -2.40. The Balaban J connectivity index is 1.39. The lowest BCUT2D eigenvalue weighted by atomic mass is 9.95. The van der Waals surface area contributed by atoms with Gasteiger partial charge in [0.15, 0.2) is 0 Å². The van der Waals surface area contributed by atoms with Crippen LogP contribution in [-0.2, 0) is 17.8 Å². The number of hydrogen-bond acceptors (Lipinski definition) is 2. The van der Waals surface area contributed by atoms with Crippen molar-refractivity contribution in [3.63, 3.8) is 0 Å². The lowest BCUT2D eigenvalue weighted by Gasteiger charge is -2.31. The third-order valence-electron chi connectivity index (χ3n) is 4.94. The Morgan fingerprint density at radius 2 is 1.81 bits per heavy atom. The molecule has 1 saturated heterocycles. The number of carbonyl (C=O) groups is 1. The van der Waals surface area contributed by atoms with Gasteiger partial charge in [0, 0.05) is 24.0 Å². The van der Waals surface area contributed by atoms with Crippen LogP contribution >= 0.6 is 11.6 Å². The molecule has 1 N–H and O–H groups in total. The highest BCUT2D eigenvalue weighted by molar-refractivity contribution is 6.31. The van der Waals surface area contributed by atoms with Gasteiger partial charge in [0.2, 0.25) is 5.91 Å². The number of piperidine rings is 1. The van der Waals surface area contributed by atoms with E-state index in [4.69, 9.17) is 11.6 Å². The summed E-state index contributed by atoms with van der Waals surface area (Å²) in [6.45, 7) is 3.23. The summed E-state index contributed by atoms with van der Waals surface area (Å²) < 4.78 is 12.9. The minimum absolute atomic E-state index is 0.0747. The molecule has 5 heteroatoms. The summed E-state index contributed by atoms with van der Waals surface area (Å²) in [6, 6.07) is 14.3. The molecule has 2 aromatic rings. The van der Waals surface area contributed by atoms with Crippen LogP contribution in [0.1, 0.15) is 24.0 Å². The Morgan fingerprint density at radius 3 is 2.50 bits per heavy atom. The fourth-order valence-electron chi connectivity index (χ4n) is 3.35. The lowest BCUT2D eigenvalue weighted by molar-refractivity contribution is -0.126. The van der Waals surface area contributed by atoms with Gasteiger partial charge in [0.25, 0.3) is 0 Å². The second-order valence-corrected chi connectivity index (χ2v) is 7.22. The van der Waals surface area contributed by atoms with Crippen LogP contribution in [-0.4, -0.2) is 30.4 Å². The molecular formula is C21H24ClFN2O. The first-order valence-electron chi connectivity index (χ1n) is 9.10. The molecular weight excluding hydrogens is 351 g/mol. The van der Waals surface area contributed by atoms with E-state index >= 15 is 0 Å². The number of nitrogens with zero attached hydrogens (tertiary/aromatic N) is 1.